The van der Waals surface area contributed by atoms with E-state index in [1.807, 2.05) is 59.5 Å². The van der Waals surface area contributed by atoms with E-state index in [1.165, 1.54) is 0 Å². The van der Waals surface area contributed by atoms with Gasteiger partial charge in [0.05, 0.1) is 12.9 Å². The number of carbonyl (C=O) groups is 1. The van der Waals surface area contributed by atoms with Crippen LogP contribution in [0.5, 0.6) is 5.75 Å². The Labute approximate surface area is 211 Å². The fourth-order valence-corrected chi connectivity index (χ4v) is 4.52. The fraction of sp³-hybridized carbons (Fsp3) is 0.333. The zero-order valence-corrected chi connectivity index (χ0v) is 20.5. The fourth-order valence-electron chi connectivity index (χ4n) is 4.52. The van der Waals surface area contributed by atoms with Crippen molar-refractivity contribution >= 4 is 13.8 Å². The Bertz CT molecular complexity index is 1240. The van der Waals surface area contributed by atoms with Gasteiger partial charge in [-0.2, -0.15) is 0 Å². The van der Waals surface area contributed by atoms with Crippen LogP contribution in [0, 0.1) is 0 Å². The second-order valence-electron chi connectivity index (χ2n) is 9.22. The van der Waals surface area contributed by atoms with Crippen LogP contribution in [-0.2, 0) is 6.42 Å². The van der Waals surface area contributed by atoms with E-state index in [9.17, 15) is 4.79 Å². The molecule has 2 heterocycles. The lowest BCUT2D eigenvalue weighted by molar-refractivity contribution is 0.0716. The minimum absolute atomic E-state index is 0.0488. The van der Waals surface area contributed by atoms with Crippen molar-refractivity contribution in [1.82, 2.24) is 25.5 Å². The largest absolute Gasteiger partial charge is 0.493 e. The number of nitrogens with zero attached hydrogens (tertiary/aromatic N) is 4. The van der Waals surface area contributed by atoms with Crippen molar-refractivity contribution in [2.45, 2.75) is 50.5 Å². The van der Waals surface area contributed by atoms with Gasteiger partial charge in [-0.1, -0.05) is 30.3 Å². The molecular weight excluding hydrogens is 453 g/mol. The van der Waals surface area contributed by atoms with E-state index in [2.05, 4.69) is 34.5 Å². The Morgan fingerprint density at radius 2 is 1.92 bits per heavy atom. The van der Waals surface area contributed by atoms with Crippen molar-refractivity contribution < 1.29 is 13.9 Å². The molecule has 2 aromatic carbocycles. The lowest BCUT2D eigenvalue weighted by Crippen LogP contribution is -2.37. The molecule has 1 aliphatic carbocycles. The monoisotopic (exact) mass is 483 g/mol. The van der Waals surface area contributed by atoms with E-state index in [0.29, 0.717) is 12.2 Å². The first-order valence-corrected chi connectivity index (χ1v) is 12.6. The number of furan rings is 1. The van der Waals surface area contributed by atoms with Gasteiger partial charge in [-0.15, -0.1) is 5.10 Å². The SMILES string of the molecule is BC(c1ccccc1OCCCCCc1nnn[nH]1)N(C(=O)c1ccc(-c2ccco2)cc1)C1CC1. The summed E-state index contributed by atoms with van der Waals surface area (Å²) in [5, 5.41) is 13.9. The Hall–Kier alpha value is -3.88. The summed E-state index contributed by atoms with van der Waals surface area (Å²) in [6, 6.07) is 19.8. The van der Waals surface area contributed by atoms with Crippen LogP contribution in [0.15, 0.2) is 71.3 Å². The van der Waals surface area contributed by atoms with E-state index < -0.39 is 0 Å². The molecule has 5 rings (SSSR count). The Morgan fingerprint density at radius 1 is 1.08 bits per heavy atom. The lowest BCUT2D eigenvalue weighted by atomic mass is 9.86. The van der Waals surface area contributed by atoms with Crippen molar-refractivity contribution in [3.8, 4) is 17.1 Å². The average Bonchev–Trinajstić information content (AvgIpc) is 3.34. The molecule has 8 nitrogen and oxygen atoms in total. The normalized spacial score (nSPS) is 13.9. The van der Waals surface area contributed by atoms with E-state index in [0.717, 1.165) is 67.0 Å². The van der Waals surface area contributed by atoms with Crippen LogP contribution in [0.25, 0.3) is 11.3 Å². The molecule has 36 heavy (non-hydrogen) atoms. The van der Waals surface area contributed by atoms with Gasteiger partial charge in [0.25, 0.3) is 5.91 Å². The molecule has 0 saturated heterocycles. The maximum Gasteiger partial charge on any atom is 0.253 e. The highest BCUT2D eigenvalue weighted by Crippen LogP contribution is 2.37. The summed E-state index contributed by atoms with van der Waals surface area (Å²) in [5.41, 5.74) is 2.68. The van der Waals surface area contributed by atoms with Gasteiger partial charge in [0.1, 0.15) is 25.2 Å². The topological polar surface area (TPSA) is 97.1 Å². The van der Waals surface area contributed by atoms with Crippen LogP contribution < -0.4 is 4.74 Å². The van der Waals surface area contributed by atoms with Crippen molar-refractivity contribution in [1.29, 1.82) is 0 Å². The molecule has 1 atom stereocenters. The lowest BCUT2D eigenvalue weighted by Gasteiger charge is -2.31. The number of rotatable bonds is 12. The molecule has 9 heteroatoms. The Balaban J connectivity index is 1.22. The van der Waals surface area contributed by atoms with Crippen LogP contribution in [0.1, 0.15) is 59.8 Å². The zero-order valence-electron chi connectivity index (χ0n) is 20.5. The highest BCUT2D eigenvalue weighted by Gasteiger charge is 2.37. The third kappa shape index (κ3) is 5.67. The summed E-state index contributed by atoms with van der Waals surface area (Å²) in [6.07, 6.45) is 7.52. The molecular formula is C27H30BN5O3. The van der Waals surface area contributed by atoms with Crippen LogP contribution in [0.2, 0.25) is 0 Å². The first kappa shape index (κ1) is 23.8. The molecule has 1 fully saturated rings. The second-order valence-corrected chi connectivity index (χ2v) is 9.22. The van der Waals surface area contributed by atoms with Crippen LogP contribution in [0.3, 0.4) is 0 Å². The van der Waals surface area contributed by atoms with Gasteiger partial charge in [-0.3, -0.25) is 4.79 Å². The highest BCUT2D eigenvalue weighted by atomic mass is 16.5. The van der Waals surface area contributed by atoms with Crippen molar-refractivity contribution in [3.05, 3.63) is 83.9 Å². The molecule has 1 unspecified atom stereocenters. The molecule has 1 amide bonds. The van der Waals surface area contributed by atoms with Crippen molar-refractivity contribution in [2.24, 2.45) is 0 Å². The summed E-state index contributed by atoms with van der Waals surface area (Å²) in [7, 11) is 2.10. The predicted molar refractivity (Wildman–Crippen MR) is 138 cm³/mol. The van der Waals surface area contributed by atoms with Gasteiger partial charge in [-0.05, 0) is 72.9 Å². The van der Waals surface area contributed by atoms with Crippen molar-refractivity contribution in [2.75, 3.05) is 6.61 Å². The first-order chi connectivity index (χ1) is 17.7. The van der Waals surface area contributed by atoms with Gasteiger partial charge in [0.2, 0.25) is 0 Å². The molecule has 0 aliphatic heterocycles. The molecule has 0 spiro atoms. The number of H-pyrrole nitrogens is 1. The number of hydrogen-bond acceptors (Lipinski definition) is 6. The molecule has 4 aromatic rings. The third-order valence-electron chi connectivity index (χ3n) is 6.60. The Morgan fingerprint density at radius 3 is 2.64 bits per heavy atom. The molecule has 1 aliphatic rings. The number of carbonyl (C=O) groups excluding carboxylic acids is 1. The summed E-state index contributed by atoms with van der Waals surface area (Å²) >= 11 is 0. The predicted octanol–water partition coefficient (Wildman–Crippen LogP) is 4.19. The van der Waals surface area contributed by atoms with Gasteiger partial charge >= 0.3 is 0 Å². The number of benzene rings is 2. The van der Waals surface area contributed by atoms with E-state index in [4.69, 9.17) is 9.15 Å². The summed E-state index contributed by atoms with van der Waals surface area (Å²) in [5.74, 6) is 2.41. The maximum atomic E-state index is 13.6. The van der Waals surface area contributed by atoms with Gasteiger partial charge in [0.15, 0.2) is 0 Å². The van der Waals surface area contributed by atoms with Crippen LogP contribution >= 0.6 is 0 Å². The standard InChI is InChI=1S/C27H30BN5O3/c28-26(22-7-3-4-8-24(22)36-17-5-1-2-10-25-29-31-32-30-25)33(21-15-16-21)27(34)20-13-11-19(12-14-20)23-9-6-18-35-23/h3-4,6-9,11-14,18,21,26H,1-2,5,10,15-17,28H2,(H,29,30,31,32). The molecule has 1 saturated carbocycles. The van der Waals surface area contributed by atoms with Crippen LogP contribution in [0.4, 0.5) is 0 Å². The number of unbranched alkanes of at least 4 members (excludes halogenated alkanes) is 2. The van der Waals surface area contributed by atoms with Gasteiger partial charge in [-0.25, -0.2) is 5.10 Å². The number of tetrazole rings is 1. The average molecular weight is 483 g/mol. The number of para-hydroxylation sites is 1. The first-order valence-electron chi connectivity index (χ1n) is 12.6. The highest BCUT2D eigenvalue weighted by molar-refractivity contribution is 6.14. The van der Waals surface area contributed by atoms with Gasteiger partial charge in [0, 0.05) is 35.1 Å². The number of aromatic amines is 1. The van der Waals surface area contributed by atoms with E-state index in [1.54, 1.807) is 6.26 Å². The number of ether oxygens (including phenoxy) is 1. The quantitative estimate of drug-likeness (QED) is 0.240. The molecule has 1 N–H and O–H groups in total. The maximum absolute atomic E-state index is 13.6. The molecule has 0 radical (unpaired) electrons. The Kier molecular flexibility index (Phi) is 7.45. The summed E-state index contributed by atoms with van der Waals surface area (Å²) in [4.78, 5) is 15.6. The molecule has 184 valence electrons. The van der Waals surface area contributed by atoms with Crippen LogP contribution in [-0.4, -0.2) is 51.9 Å². The third-order valence-corrected chi connectivity index (χ3v) is 6.60. The van der Waals surface area contributed by atoms with Crippen molar-refractivity contribution in [3.63, 3.8) is 0 Å². The minimum Gasteiger partial charge on any atom is -0.493 e. The number of aryl methyl sites for hydroxylation is 1. The zero-order chi connectivity index (χ0) is 24.7. The minimum atomic E-state index is -0.0927. The van der Waals surface area contributed by atoms with Gasteiger partial charge < -0.3 is 14.1 Å². The van der Waals surface area contributed by atoms with E-state index in [-0.39, 0.29) is 17.9 Å². The summed E-state index contributed by atoms with van der Waals surface area (Å²) < 4.78 is 11.7. The molecule has 0 bridgehead atoms. The second kappa shape index (κ2) is 11.2. The summed E-state index contributed by atoms with van der Waals surface area (Å²) in [6.45, 7) is 0.629. The number of aromatic nitrogens is 4. The number of hydrogen-bond donors (Lipinski definition) is 1. The smallest absolute Gasteiger partial charge is 0.253 e. The van der Waals surface area contributed by atoms with E-state index >= 15 is 0 Å². The number of amides is 1. The molecule has 2 aromatic heterocycles. The number of nitrogens with one attached hydrogen (secondary N) is 1.